The van der Waals surface area contributed by atoms with Crippen LogP contribution in [0.2, 0.25) is 0 Å². The molecule has 3 atom stereocenters. The molecule has 1 N–H and O–H groups in total. The van der Waals surface area contributed by atoms with Crippen LogP contribution in [0.5, 0.6) is 5.88 Å². The summed E-state index contributed by atoms with van der Waals surface area (Å²) < 4.78 is 27.9. The Morgan fingerprint density at radius 1 is 1.31 bits per heavy atom. The Bertz CT molecular complexity index is 1680. The predicted molar refractivity (Wildman–Crippen MR) is 153 cm³/mol. The average molecular weight is 591 g/mol. The molecule has 0 aliphatic carbocycles. The maximum Gasteiger partial charge on any atom is 0.365 e. The number of piperidine rings is 1. The van der Waals surface area contributed by atoms with E-state index in [1.165, 1.54) is 6.07 Å². The molecule has 1 aromatic carbocycles. The quantitative estimate of drug-likeness (QED) is 0.293. The molecule has 3 aromatic heterocycles. The molecule has 10 nitrogen and oxygen atoms in total. The first-order chi connectivity index (χ1) is 20.2. The summed E-state index contributed by atoms with van der Waals surface area (Å²) in [5.74, 6) is 0.0500. The van der Waals surface area contributed by atoms with Gasteiger partial charge in [0.15, 0.2) is 10.5 Å². The number of pyridine rings is 1. The molecule has 0 amide bonds. The van der Waals surface area contributed by atoms with Gasteiger partial charge in [-0.05, 0) is 43.5 Å². The van der Waals surface area contributed by atoms with Crippen molar-refractivity contribution in [1.82, 2.24) is 24.4 Å². The molecule has 1 unspecified atom stereocenters. The SMILES string of the molecule is CC1CN(Cc2nc3sc(C(=O)O)nc3n2C[C@@H]2CCO2)CC[C@]1(C)c1cccc(OCc2ccc(C#N)cc2F)n1. The number of likely N-dealkylation sites (tertiary alicyclic amines) is 1. The number of nitriles is 1. The third kappa shape index (κ3) is 5.47. The van der Waals surface area contributed by atoms with E-state index >= 15 is 0 Å². The number of carboxylic acid groups (broad SMARTS) is 1. The van der Waals surface area contributed by atoms with Crippen molar-refractivity contribution >= 4 is 27.8 Å². The Hall–Kier alpha value is -3.92. The second-order valence-electron chi connectivity index (χ2n) is 11.2. The summed E-state index contributed by atoms with van der Waals surface area (Å²) in [5.41, 5.74) is 1.99. The number of hydrogen-bond acceptors (Lipinski definition) is 9. The average Bonchev–Trinajstić information content (AvgIpc) is 3.50. The second-order valence-corrected chi connectivity index (χ2v) is 12.2. The third-order valence-electron chi connectivity index (χ3n) is 8.55. The molecule has 2 saturated heterocycles. The largest absolute Gasteiger partial charge is 0.476 e. The number of hydrogen-bond donors (Lipinski definition) is 1. The number of nitrogens with zero attached hydrogens (tertiary/aromatic N) is 6. The molecule has 0 spiro atoms. The normalized spacial score (nSPS) is 22.5. The van der Waals surface area contributed by atoms with Crippen LogP contribution >= 0.6 is 11.3 Å². The maximum absolute atomic E-state index is 14.3. The third-order valence-corrected chi connectivity index (χ3v) is 9.48. The minimum atomic E-state index is -1.04. The molecule has 0 saturated carbocycles. The lowest BCUT2D eigenvalue weighted by Gasteiger charge is -2.44. The summed E-state index contributed by atoms with van der Waals surface area (Å²) in [7, 11) is 0. The smallest absolute Gasteiger partial charge is 0.365 e. The van der Waals surface area contributed by atoms with E-state index in [4.69, 9.17) is 24.7 Å². The van der Waals surface area contributed by atoms with Crippen molar-refractivity contribution in [3.05, 3.63) is 69.9 Å². The summed E-state index contributed by atoms with van der Waals surface area (Å²) in [6.07, 6.45) is 1.93. The fraction of sp³-hybridized carbons (Fsp3) is 0.433. The number of carbonyl (C=O) groups is 1. The zero-order valence-corrected chi connectivity index (χ0v) is 24.2. The number of carboxylic acids is 1. The maximum atomic E-state index is 14.3. The molecule has 2 aliphatic heterocycles. The van der Waals surface area contributed by atoms with Crippen molar-refractivity contribution in [2.24, 2.45) is 5.92 Å². The van der Waals surface area contributed by atoms with E-state index in [1.807, 2.05) is 22.8 Å². The van der Waals surface area contributed by atoms with Gasteiger partial charge in [-0.3, -0.25) is 4.90 Å². The first-order valence-electron chi connectivity index (χ1n) is 14.0. The molecular formula is C30H31FN6O4S. The summed E-state index contributed by atoms with van der Waals surface area (Å²) in [4.78, 5) is 28.5. The van der Waals surface area contributed by atoms with E-state index in [0.29, 0.717) is 35.0 Å². The number of rotatable bonds is 9. The molecule has 2 aliphatic rings. The van der Waals surface area contributed by atoms with E-state index in [1.54, 1.807) is 18.2 Å². The first kappa shape index (κ1) is 28.2. The summed E-state index contributed by atoms with van der Waals surface area (Å²) >= 11 is 1.10. The first-order valence-corrected chi connectivity index (χ1v) is 14.8. The molecule has 0 radical (unpaired) electrons. The lowest BCUT2D eigenvalue weighted by atomic mass is 9.70. The highest BCUT2D eigenvalue weighted by atomic mass is 32.1. The van der Waals surface area contributed by atoms with Gasteiger partial charge in [-0.2, -0.15) is 5.26 Å². The number of halogens is 1. The lowest BCUT2D eigenvalue weighted by Crippen LogP contribution is -2.47. The van der Waals surface area contributed by atoms with Crippen LogP contribution in [0, 0.1) is 23.1 Å². The topological polar surface area (TPSA) is 126 Å². The van der Waals surface area contributed by atoms with Gasteiger partial charge < -0.3 is 19.1 Å². The van der Waals surface area contributed by atoms with Gasteiger partial charge >= 0.3 is 5.97 Å². The van der Waals surface area contributed by atoms with Crippen LogP contribution in [0.25, 0.3) is 10.5 Å². The van der Waals surface area contributed by atoms with Crippen LogP contribution in [-0.2, 0) is 29.8 Å². The minimum absolute atomic E-state index is 0.0207. The minimum Gasteiger partial charge on any atom is -0.476 e. The predicted octanol–water partition coefficient (Wildman–Crippen LogP) is 4.76. The highest BCUT2D eigenvalue weighted by Gasteiger charge is 2.40. The van der Waals surface area contributed by atoms with Crippen LogP contribution < -0.4 is 4.74 Å². The molecule has 0 bridgehead atoms. The highest BCUT2D eigenvalue weighted by Crippen LogP contribution is 2.39. The molecule has 5 heterocycles. The lowest BCUT2D eigenvalue weighted by molar-refractivity contribution is -0.0593. The van der Waals surface area contributed by atoms with Gasteiger partial charge in [0.2, 0.25) is 10.9 Å². The van der Waals surface area contributed by atoms with Crippen molar-refractivity contribution in [1.29, 1.82) is 5.26 Å². The van der Waals surface area contributed by atoms with E-state index < -0.39 is 11.8 Å². The van der Waals surface area contributed by atoms with Crippen LogP contribution in [0.15, 0.2) is 36.4 Å². The Balaban J connectivity index is 1.14. The van der Waals surface area contributed by atoms with E-state index in [-0.39, 0.29) is 34.6 Å². The van der Waals surface area contributed by atoms with E-state index in [2.05, 4.69) is 23.7 Å². The van der Waals surface area contributed by atoms with Crippen molar-refractivity contribution in [2.75, 3.05) is 19.7 Å². The van der Waals surface area contributed by atoms with E-state index in [0.717, 1.165) is 55.4 Å². The standard InChI is InChI=1S/C30H31FN6O4S/c1-18-14-36(16-24-34-27-26(35-28(42-27)29(38)39)37(24)15-21-8-11-40-21)10-9-30(18,2)23-4-3-5-25(33-23)41-17-20-7-6-19(13-32)12-22(20)31/h3-7,12,18,21H,8-11,14-17H2,1-2H3,(H,38,39)/t18?,21-,30-/m0/s1. The number of aromatic carboxylic acids is 1. The zero-order chi connectivity index (χ0) is 29.4. The van der Waals surface area contributed by atoms with Gasteiger partial charge in [0, 0.05) is 30.2 Å². The Kier molecular flexibility index (Phi) is 7.66. The van der Waals surface area contributed by atoms with Gasteiger partial charge in [-0.15, -0.1) is 0 Å². The summed E-state index contributed by atoms with van der Waals surface area (Å²) in [6.45, 7) is 8.11. The van der Waals surface area contributed by atoms with Crippen molar-refractivity contribution in [2.45, 2.75) is 57.9 Å². The molecule has 218 valence electrons. The Morgan fingerprint density at radius 2 is 2.14 bits per heavy atom. The van der Waals surface area contributed by atoms with Gasteiger partial charge in [0.25, 0.3) is 0 Å². The molecule has 6 rings (SSSR count). The monoisotopic (exact) mass is 590 g/mol. The zero-order valence-electron chi connectivity index (χ0n) is 23.4. The molecule has 42 heavy (non-hydrogen) atoms. The van der Waals surface area contributed by atoms with Gasteiger partial charge in [-0.1, -0.05) is 37.3 Å². The van der Waals surface area contributed by atoms with Crippen molar-refractivity contribution < 1.29 is 23.8 Å². The van der Waals surface area contributed by atoms with Gasteiger partial charge in [-0.25, -0.2) is 24.1 Å². The number of imidazole rings is 1. The van der Waals surface area contributed by atoms with Gasteiger partial charge in [0.05, 0.1) is 36.5 Å². The Morgan fingerprint density at radius 3 is 2.83 bits per heavy atom. The Labute approximate surface area is 246 Å². The second kappa shape index (κ2) is 11.4. The number of aromatic nitrogens is 4. The fourth-order valence-electron chi connectivity index (χ4n) is 5.63. The number of benzene rings is 1. The highest BCUT2D eigenvalue weighted by molar-refractivity contribution is 7.19. The molecule has 12 heteroatoms. The van der Waals surface area contributed by atoms with Crippen LogP contribution in [0.3, 0.4) is 0 Å². The molecular weight excluding hydrogens is 559 g/mol. The molecule has 4 aromatic rings. The van der Waals surface area contributed by atoms with Crippen molar-refractivity contribution in [3.8, 4) is 11.9 Å². The summed E-state index contributed by atoms with van der Waals surface area (Å²) in [5, 5.41) is 18.4. The van der Waals surface area contributed by atoms with Gasteiger partial charge in [0.1, 0.15) is 18.2 Å². The molecule has 2 fully saturated rings. The fourth-order valence-corrected chi connectivity index (χ4v) is 6.43. The van der Waals surface area contributed by atoms with Crippen molar-refractivity contribution in [3.63, 3.8) is 0 Å². The summed E-state index contributed by atoms with van der Waals surface area (Å²) in [6, 6.07) is 12.0. The number of fused-ring (bicyclic) bond motifs is 1. The number of ether oxygens (including phenoxy) is 2. The number of thiazole rings is 1. The van der Waals surface area contributed by atoms with Crippen LogP contribution in [-0.4, -0.2) is 61.3 Å². The van der Waals surface area contributed by atoms with E-state index in [9.17, 15) is 14.3 Å². The van der Waals surface area contributed by atoms with Crippen LogP contribution in [0.1, 0.15) is 59.1 Å². The van der Waals surface area contributed by atoms with Crippen LogP contribution in [0.4, 0.5) is 4.39 Å².